The van der Waals surface area contributed by atoms with Gasteiger partial charge in [0.05, 0.1) is 12.1 Å². The van der Waals surface area contributed by atoms with E-state index in [4.69, 9.17) is 11.6 Å². The Kier molecular flexibility index (Phi) is 8.49. The number of fused-ring (bicyclic) bond motifs is 1. The van der Waals surface area contributed by atoms with E-state index in [1.54, 1.807) is 40.6 Å². The summed E-state index contributed by atoms with van der Waals surface area (Å²) in [6, 6.07) is 18.3. The van der Waals surface area contributed by atoms with E-state index in [9.17, 15) is 22.4 Å². The van der Waals surface area contributed by atoms with Crippen LogP contribution in [0.1, 0.15) is 39.7 Å². The molecule has 0 spiro atoms. The molecule has 1 aromatic heterocycles. The molecule has 0 aliphatic carbocycles. The molecule has 0 fully saturated rings. The molecule has 1 heterocycles. The lowest BCUT2D eigenvalue weighted by molar-refractivity contribution is -0.138. The number of thioether (sulfide) groups is 1. The largest absolute Gasteiger partial charge is 0.416 e. The molecule has 0 unspecified atom stereocenters. The number of hydrogen-bond donors (Lipinski definition) is 1. The maximum atomic E-state index is 13.6. The molecule has 4 aromatic rings. The minimum atomic E-state index is -4.57. The first-order valence-electron chi connectivity index (χ1n) is 11.7. The second kappa shape index (κ2) is 11.6. The van der Waals surface area contributed by atoms with Crippen molar-refractivity contribution in [1.82, 2.24) is 9.88 Å². The lowest BCUT2D eigenvalue weighted by Crippen LogP contribution is -2.22. The fourth-order valence-electron chi connectivity index (χ4n) is 4.28. The molecular weight excluding hydrogens is 524 g/mol. The van der Waals surface area contributed by atoms with Crippen LogP contribution in [0.15, 0.2) is 71.6 Å². The Hall–Kier alpha value is -2.97. The maximum absolute atomic E-state index is 13.6. The lowest BCUT2D eigenvalue weighted by atomic mass is 10.0. The SMILES string of the molecule is CCSc1ccc(CNC(=O)c2ccc3c(c2)cc(Cc2ccc(Cl)cc2C(F)(F)F)n3CCF)cc1. The van der Waals surface area contributed by atoms with Gasteiger partial charge in [0.15, 0.2) is 0 Å². The van der Waals surface area contributed by atoms with Crippen LogP contribution in [0.25, 0.3) is 10.9 Å². The molecule has 37 heavy (non-hydrogen) atoms. The molecule has 1 N–H and O–H groups in total. The Balaban J connectivity index is 1.58. The zero-order valence-electron chi connectivity index (χ0n) is 20.0. The summed E-state index contributed by atoms with van der Waals surface area (Å²) < 4.78 is 55.8. The monoisotopic (exact) mass is 548 g/mol. The standard InChI is InChI=1S/C28H25ClF4N2OS/c1-2-37-24-8-3-18(4-9-24)17-34-27(36)20-6-10-26-21(13-20)15-23(35(26)12-11-30)14-19-5-7-22(29)16-25(19)28(31,32)33/h3-10,13,15-16H,2,11-12,14,17H2,1H3,(H,34,36). The van der Waals surface area contributed by atoms with E-state index in [-0.39, 0.29) is 29.5 Å². The van der Waals surface area contributed by atoms with Crippen molar-refractivity contribution < 1.29 is 22.4 Å². The van der Waals surface area contributed by atoms with Crippen molar-refractivity contribution in [2.75, 3.05) is 12.4 Å². The smallest absolute Gasteiger partial charge is 0.348 e. The first-order valence-corrected chi connectivity index (χ1v) is 13.1. The number of benzene rings is 3. The van der Waals surface area contributed by atoms with Crippen molar-refractivity contribution in [2.45, 2.75) is 37.5 Å². The summed E-state index contributed by atoms with van der Waals surface area (Å²) in [5, 5.41) is 3.54. The highest BCUT2D eigenvalue weighted by atomic mass is 35.5. The molecule has 3 aromatic carbocycles. The number of halogens is 5. The molecule has 4 rings (SSSR count). The topological polar surface area (TPSA) is 34.0 Å². The van der Waals surface area contributed by atoms with Gasteiger partial charge in [0, 0.05) is 45.0 Å². The maximum Gasteiger partial charge on any atom is 0.416 e. The van der Waals surface area contributed by atoms with E-state index in [2.05, 4.69) is 12.2 Å². The first kappa shape index (κ1) is 27.1. The molecule has 0 saturated heterocycles. The lowest BCUT2D eigenvalue weighted by Gasteiger charge is -2.15. The van der Waals surface area contributed by atoms with Gasteiger partial charge in [0.1, 0.15) is 6.67 Å². The molecule has 194 valence electrons. The van der Waals surface area contributed by atoms with E-state index in [1.165, 1.54) is 12.1 Å². The quantitative estimate of drug-likeness (QED) is 0.170. The minimum absolute atomic E-state index is 0.00757. The Morgan fingerprint density at radius 1 is 1.03 bits per heavy atom. The van der Waals surface area contributed by atoms with Gasteiger partial charge in [-0.2, -0.15) is 13.2 Å². The van der Waals surface area contributed by atoms with Crippen molar-refractivity contribution in [3.05, 3.63) is 99.7 Å². The van der Waals surface area contributed by atoms with E-state index in [1.807, 2.05) is 24.3 Å². The van der Waals surface area contributed by atoms with Gasteiger partial charge in [-0.25, -0.2) is 4.39 Å². The Morgan fingerprint density at radius 3 is 2.46 bits per heavy atom. The number of hydrogen-bond acceptors (Lipinski definition) is 2. The number of aryl methyl sites for hydroxylation is 1. The highest BCUT2D eigenvalue weighted by Crippen LogP contribution is 2.35. The van der Waals surface area contributed by atoms with Crippen LogP contribution in [0.4, 0.5) is 17.6 Å². The van der Waals surface area contributed by atoms with E-state index < -0.39 is 18.4 Å². The number of nitrogens with one attached hydrogen (secondary N) is 1. The summed E-state index contributed by atoms with van der Waals surface area (Å²) in [4.78, 5) is 14.0. The highest BCUT2D eigenvalue weighted by molar-refractivity contribution is 7.99. The van der Waals surface area contributed by atoms with Crippen molar-refractivity contribution in [3.8, 4) is 0 Å². The highest BCUT2D eigenvalue weighted by Gasteiger charge is 2.33. The van der Waals surface area contributed by atoms with Gasteiger partial charge < -0.3 is 9.88 Å². The van der Waals surface area contributed by atoms with Crippen LogP contribution in [-0.4, -0.2) is 22.9 Å². The Labute approximate surface area is 221 Å². The average Bonchev–Trinajstić information content (AvgIpc) is 3.20. The Morgan fingerprint density at radius 2 is 1.78 bits per heavy atom. The van der Waals surface area contributed by atoms with Gasteiger partial charge in [-0.15, -0.1) is 11.8 Å². The Bertz CT molecular complexity index is 1400. The van der Waals surface area contributed by atoms with Crippen LogP contribution in [0.2, 0.25) is 5.02 Å². The summed E-state index contributed by atoms with van der Waals surface area (Å²) in [6.45, 7) is 1.76. The van der Waals surface area contributed by atoms with Crippen molar-refractivity contribution in [2.24, 2.45) is 0 Å². The third-order valence-electron chi connectivity index (χ3n) is 5.99. The molecule has 0 aliphatic heterocycles. The number of rotatable bonds is 9. The van der Waals surface area contributed by atoms with E-state index in [0.29, 0.717) is 28.7 Å². The molecule has 0 bridgehead atoms. The molecule has 0 atom stereocenters. The van der Waals surface area contributed by atoms with Gasteiger partial charge in [-0.05, 0) is 65.4 Å². The zero-order valence-corrected chi connectivity index (χ0v) is 21.6. The molecule has 0 aliphatic rings. The summed E-state index contributed by atoms with van der Waals surface area (Å²) in [5.41, 5.74) is 1.77. The first-order chi connectivity index (χ1) is 17.7. The number of aromatic nitrogens is 1. The number of carbonyl (C=O) groups excluding carboxylic acids is 1. The van der Waals surface area contributed by atoms with Crippen molar-refractivity contribution in [3.63, 3.8) is 0 Å². The average molecular weight is 549 g/mol. The minimum Gasteiger partial charge on any atom is -0.348 e. The molecule has 3 nitrogen and oxygen atoms in total. The van der Waals surface area contributed by atoms with Gasteiger partial charge in [0.2, 0.25) is 0 Å². The number of nitrogens with zero attached hydrogens (tertiary/aromatic N) is 1. The predicted octanol–water partition coefficient (Wildman–Crippen LogP) is 7.92. The van der Waals surface area contributed by atoms with Gasteiger partial charge >= 0.3 is 6.18 Å². The van der Waals surface area contributed by atoms with Gasteiger partial charge in [0.25, 0.3) is 5.91 Å². The van der Waals surface area contributed by atoms with Crippen LogP contribution < -0.4 is 5.32 Å². The van der Waals surface area contributed by atoms with Crippen LogP contribution in [0.5, 0.6) is 0 Å². The molecule has 0 saturated carbocycles. The molecule has 9 heteroatoms. The zero-order chi connectivity index (χ0) is 26.6. The second-order valence-electron chi connectivity index (χ2n) is 8.49. The third kappa shape index (κ3) is 6.48. The van der Waals surface area contributed by atoms with Crippen molar-refractivity contribution in [1.29, 1.82) is 0 Å². The van der Waals surface area contributed by atoms with Gasteiger partial charge in [-0.3, -0.25) is 4.79 Å². The van der Waals surface area contributed by atoms with Gasteiger partial charge in [-0.1, -0.05) is 36.7 Å². The molecule has 0 radical (unpaired) electrons. The van der Waals surface area contributed by atoms with Crippen LogP contribution in [0.3, 0.4) is 0 Å². The third-order valence-corrected chi connectivity index (χ3v) is 7.12. The van der Waals surface area contributed by atoms with Crippen LogP contribution in [-0.2, 0) is 25.7 Å². The number of carbonyl (C=O) groups is 1. The predicted molar refractivity (Wildman–Crippen MR) is 141 cm³/mol. The second-order valence-corrected chi connectivity index (χ2v) is 10.3. The normalized spacial score (nSPS) is 11.7. The van der Waals surface area contributed by atoms with E-state index in [0.717, 1.165) is 22.3 Å². The van der Waals surface area contributed by atoms with Crippen LogP contribution in [0, 0.1) is 0 Å². The van der Waals surface area contributed by atoms with Crippen molar-refractivity contribution >= 4 is 40.2 Å². The van der Waals surface area contributed by atoms with E-state index >= 15 is 0 Å². The summed E-state index contributed by atoms with van der Waals surface area (Å²) in [7, 11) is 0. The summed E-state index contributed by atoms with van der Waals surface area (Å²) >= 11 is 7.55. The summed E-state index contributed by atoms with van der Waals surface area (Å²) in [5.74, 6) is 0.710. The fourth-order valence-corrected chi connectivity index (χ4v) is 5.11. The number of amides is 1. The molecule has 1 amide bonds. The fraction of sp³-hybridized carbons (Fsp3) is 0.250. The number of alkyl halides is 4. The van der Waals surface area contributed by atoms with Crippen LogP contribution >= 0.6 is 23.4 Å². The summed E-state index contributed by atoms with van der Waals surface area (Å²) in [6.07, 6.45) is -4.63. The molecular formula is C28H25ClF4N2OS.